The van der Waals surface area contributed by atoms with Gasteiger partial charge in [0.2, 0.25) is 5.95 Å². The number of aryl methyl sites for hydroxylation is 2. The molecule has 2 aliphatic heterocycles. The van der Waals surface area contributed by atoms with E-state index in [9.17, 15) is 5.11 Å². The number of likely N-dealkylation sites (N-methyl/N-ethyl adjacent to an activating group) is 1. The van der Waals surface area contributed by atoms with Crippen molar-refractivity contribution in [3.8, 4) is 0 Å². The number of benzene rings is 2. The van der Waals surface area contributed by atoms with Gasteiger partial charge in [0.15, 0.2) is 0 Å². The summed E-state index contributed by atoms with van der Waals surface area (Å²) in [4.78, 5) is 33.8. The van der Waals surface area contributed by atoms with E-state index in [0.717, 1.165) is 84.9 Å². The van der Waals surface area contributed by atoms with Crippen LogP contribution in [-0.2, 0) is 13.0 Å². The fourth-order valence-electron chi connectivity index (χ4n) is 9.76. The predicted molar refractivity (Wildman–Crippen MR) is 183 cm³/mol. The van der Waals surface area contributed by atoms with E-state index in [1.54, 1.807) is 0 Å². The number of hydrogen-bond donors (Lipinski definition) is 2. The van der Waals surface area contributed by atoms with Crippen molar-refractivity contribution in [2.24, 2.45) is 17.8 Å². The molecule has 0 unspecified atom stereocenters. The molecular weight excluding hydrogens is 574 g/mol. The zero-order valence-electron chi connectivity index (χ0n) is 27.5. The van der Waals surface area contributed by atoms with Gasteiger partial charge >= 0.3 is 6.03 Å². The largest absolute Gasteiger partial charge is 0.396 e. The molecule has 3 heterocycles. The van der Waals surface area contributed by atoms with E-state index in [-0.39, 0.29) is 18.2 Å². The normalized spacial score (nSPS) is 27.3. The number of amides is 2. The maximum atomic E-state index is 15.0. The number of aromatic nitrogens is 2. The van der Waals surface area contributed by atoms with Crippen LogP contribution < -0.4 is 20.0 Å². The molecule has 0 atom stereocenters. The zero-order chi connectivity index (χ0) is 31.6. The molecule has 4 aliphatic carbocycles. The molecule has 9 nitrogen and oxygen atoms in total. The topological polar surface area (TPSA) is 88.1 Å². The van der Waals surface area contributed by atoms with Gasteiger partial charge in [0.05, 0.1) is 17.8 Å². The number of anilines is 5. The highest BCUT2D eigenvalue weighted by Crippen LogP contribution is 2.59. The van der Waals surface area contributed by atoms with Gasteiger partial charge in [0, 0.05) is 55.9 Å². The average molecular weight is 622 g/mol. The molecule has 0 radical (unpaired) electrons. The first-order chi connectivity index (χ1) is 22.3. The molecule has 4 saturated carbocycles. The van der Waals surface area contributed by atoms with Crippen molar-refractivity contribution in [1.29, 1.82) is 0 Å². The summed E-state index contributed by atoms with van der Waals surface area (Å²) < 4.78 is 0. The fourth-order valence-corrected chi connectivity index (χ4v) is 9.76. The van der Waals surface area contributed by atoms with Crippen LogP contribution in [0, 0.1) is 31.6 Å². The molecule has 0 spiro atoms. The number of piperazine rings is 1. The van der Waals surface area contributed by atoms with E-state index >= 15 is 4.79 Å². The molecule has 4 bridgehead atoms. The number of carbonyl (C=O) groups excluding carboxylic acids is 1. The fraction of sp³-hybridized carbons (Fsp3) is 0.541. The molecule has 3 aromatic rings. The molecule has 2 aromatic carbocycles. The first-order valence-electron chi connectivity index (χ1n) is 17.3. The van der Waals surface area contributed by atoms with Gasteiger partial charge in [-0.05, 0) is 125 Å². The lowest BCUT2D eigenvalue weighted by atomic mass is 9.52. The first-order valence-corrected chi connectivity index (χ1v) is 17.3. The van der Waals surface area contributed by atoms with Gasteiger partial charge in [0.25, 0.3) is 0 Å². The highest BCUT2D eigenvalue weighted by atomic mass is 16.3. The zero-order valence-corrected chi connectivity index (χ0v) is 27.5. The Kier molecular flexibility index (Phi) is 7.44. The second-order valence-corrected chi connectivity index (χ2v) is 14.9. The van der Waals surface area contributed by atoms with Gasteiger partial charge in [-0.3, -0.25) is 9.80 Å². The van der Waals surface area contributed by atoms with E-state index in [1.165, 1.54) is 24.9 Å². The Labute approximate surface area is 272 Å². The van der Waals surface area contributed by atoms with Crippen molar-refractivity contribution in [3.63, 3.8) is 0 Å². The third kappa shape index (κ3) is 5.12. The number of aliphatic hydroxyl groups excluding tert-OH is 1. The monoisotopic (exact) mass is 621 g/mol. The Bertz CT molecular complexity index is 1600. The minimum absolute atomic E-state index is 0.0171. The van der Waals surface area contributed by atoms with Gasteiger partial charge in [-0.25, -0.2) is 9.78 Å². The Morgan fingerprint density at radius 3 is 2.22 bits per heavy atom. The molecule has 5 fully saturated rings. The van der Waals surface area contributed by atoms with Crippen LogP contribution >= 0.6 is 0 Å². The Hall–Kier alpha value is -3.69. The van der Waals surface area contributed by atoms with Crippen LogP contribution in [0.5, 0.6) is 0 Å². The Balaban J connectivity index is 1.15. The molecule has 242 valence electrons. The lowest BCUT2D eigenvalue weighted by Crippen LogP contribution is -2.65. The summed E-state index contributed by atoms with van der Waals surface area (Å²) in [5.41, 5.74) is 7.06. The molecule has 9 heteroatoms. The summed E-state index contributed by atoms with van der Waals surface area (Å²) in [6.07, 6.45) is 9.50. The molecular formula is C37H47N7O2. The lowest BCUT2D eigenvalue weighted by Gasteiger charge is -2.61. The third-order valence-corrected chi connectivity index (χ3v) is 11.6. The van der Waals surface area contributed by atoms with Crippen molar-refractivity contribution < 1.29 is 9.90 Å². The van der Waals surface area contributed by atoms with Crippen LogP contribution in [0.15, 0.2) is 42.6 Å². The maximum absolute atomic E-state index is 15.0. The third-order valence-electron chi connectivity index (χ3n) is 11.6. The number of fused-ring (bicyclic) bond motifs is 1. The number of nitrogens with zero attached hydrogens (tertiary/aromatic N) is 6. The standard InChI is InChI=1S/C37H47N7O2/c1-24-4-5-25(2)33(32(24)10-15-45)43-23-29-22-38-35(39-30-6-8-31(9-7-30)42-13-11-41(3)12-14-42)40-34(29)44(36(43)46)37-19-26-16-27(20-37)18-28(17-26)21-37/h4-9,22,26-28,45H,10-21,23H2,1-3H3,(H,38,39,40). The molecule has 1 saturated heterocycles. The van der Waals surface area contributed by atoms with Crippen LogP contribution in [0.25, 0.3) is 0 Å². The first kappa shape index (κ1) is 29.7. The summed E-state index contributed by atoms with van der Waals surface area (Å²) in [5, 5.41) is 13.4. The Morgan fingerprint density at radius 1 is 0.913 bits per heavy atom. The number of nitrogens with one attached hydrogen (secondary N) is 1. The number of carbonyl (C=O) groups is 1. The summed E-state index contributed by atoms with van der Waals surface area (Å²) in [7, 11) is 2.18. The predicted octanol–water partition coefficient (Wildman–Crippen LogP) is 6.04. The quantitative estimate of drug-likeness (QED) is 0.333. The molecule has 9 rings (SSSR count). The van der Waals surface area contributed by atoms with Crippen LogP contribution in [0.1, 0.15) is 60.8 Å². The number of urea groups is 1. The van der Waals surface area contributed by atoms with Gasteiger partial charge in [-0.1, -0.05) is 12.1 Å². The summed E-state index contributed by atoms with van der Waals surface area (Å²) in [6.45, 7) is 8.83. The number of aliphatic hydroxyl groups is 1. The molecule has 2 N–H and O–H groups in total. The van der Waals surface area contributed by atoms with Gasteiger partial charge in [-0.2, -0.15) is 4.98 Å². The number of hydrogen-bond acceptors (Lipinski definition) is 7. The van der Waals surface area contributed by atoms with E-state index in [4.69, 9.17) is 9.97 Å². The average Bonchev–Trinajstić information content (AvgIpc) is 3.03. The van der Waals surface area contributed by atoms with Gasteiger partial charge in [-0.15, -0.1) is 0 Å². The number of rotatable bonds is 7. The molecule has 46 heavy (non-hydrogen) atoms. The van der Waals surface area contributed by atoms with Crippen molar-refractivity contribution in [2.75, 3.05) is 59.9 Å². The minimum Gasteiger partial charge on any atom is -0.396 e. The summed E-state index contributed by atoms with van der Waals surface area (Å²) in [5.74, 6) is 3.34. The highest BCUT2D eigenvalue weighted by Gasteiger charge is 2.57. The van der Waals surface area contributed by atoms with Crippen molar-refractivity contribution in [3.05, 3.63) is 64.8 Å². The Morgan fingerprint density at radius 2 is 1.57 bits per heavy atom. The van der Waals surface area contributed by atoms with Crippen LogP contribution in [0.4, 0.5) is 33.6 Å². The van der Waals surface area contributed by atoms with E-state index in [1.807, 2.05) is 11.1 Å². The lowest BCUT2D eigenvalue weighted by molar-refractivity contribution is -0.000911. The SMILES string of the molecule is Cc1ccc(C)c(N2Cc3cnc(Nc4ccc(N5CCN(C)CC5)cc4)nc3N(C34CC5CC(CC(C5)C3)C4)C2=O)c1CCO. The van der Waals surface area contributed by atoms with Crippen molar-refractivity contribution in [1.82, 2.24) is 14.9 Å². The van der Waals surface area contributed by atoms with E-state index in [0.29, 0.717) is 36.7 Å². The van der Waals surface area contributed by atoms with Crippen molar-refractivity contribution >= 4 is 34.9 Å². The van der Waals surface area contributed by atoms with Gasteiger partial charge < -0.3 is 20.2 Å². The van der Waals surface area contributed by atoms with Crippen LogP contribution in [-0.4, -0.2) is 71.4 Å². The van der Waals surface area contributed by atoms with Crippen molar-refractivity contribution in [2.45, 2.75) is 70.9 Å². The van der Waals surface area contributed by atoms with Gasteiger partial charge in [0.1, 0.15) is 5.82 Å². The summed E-state index contributed by atoms with van der Waals surface area (Å²) in [6, 6.07) is 12.8. The van der Waals surface area contributed by atoms with E-state index < -0.39 is 0 Å². The second kappa shape index (κ2) is 11.5. The van der Waals surface area contributed by atoms with E-state index in [2.05, 4.69) is 77.3 Å². The molecule has 2 amide bonds. The molecule has 1 aromatic heterocycles. The second-order valence-electron chi connectivity index (χ2n) is 14.9. The van der Waals surface area contributed by atoms with Crippen LogP contribution in [0.2, 0.25) is 0 Å². The molecule has 6 aliphatic rings. The minimum atomic E-state index is -0.218. The van der Waals surface area contributed by atoms with Crippen LogP contribution in [0.3, 0.4) is 0 Å². The summed E-state index contributed by atoms with van der Waals surface area (Å²) >= 11 is 0. The smallest absolute Gasteiger partial charge is 0.331 e. The highest BCUT2D eigenvalue weighted by molar-refractivity contribution is 6.07. The maximum Gasteiger partial charge on any atom is 0.331 e.